The van der Waals surface area contributed by atoms with E-state index in [4.69, 9.17) is 10.5 Å². The molecule has 2 rings (SSSR count). The number of carbonyl (C=O) groups excluding carboxylic acids is 1. The Bertz CT molecular complexity index is 560. The Balaban J connectivity index is 2.05. The van der Waals surface area contributed by atoms with Gasteiger partial charge in [-0.05, 0) is 77.1 Å². The Morgan fingerprint density at radius 1 is 1.38 bits per heavy atom. The zero-order chi connectivity index (χ0) is 18.0. The van der Waals surface area contributed by atoms with Gasteiger partial charge in [0.15, 0.2) is 0 Å². The Morgan fingerprint density at radius 3 is 2.50 bits per heavy atom. The molecule has 2 aliphatic rings. The second-order valence-electron chi connectivity index (χ2n) is 8.14. The molecule has 5 heteroatoms. The molecule has 0 aromatic heterocycles. The number of ether oxygens (including phenoxy) is 1. The molecule has 0 bridgehead atoms. The average Bonchev–Trinajstić information content (AvgIpc) is 2.48. The van der Waals surface area contributed by atoms with Crippen molar-refractivity contribution in [2.75, 3.05) is 13.1 Å². The Morgan fingerprint density at radius 2 is 2.00 bits per heavy atom. The van der Waals surface area contributed by atoms with Gasteiger partial charge in [0, 0.05) is 19.1 Å². The number of nitrogens with two attached hydrogens (primary N) is 1. The molecule has 134 valence electrons. The molecule has 1 fully saturated rings. The topological polar surface area (TPSA) is 67.9 Å². The quantitative estimate of drug-likeness (QED) is 0.796. The summed E-state index contributed by atoms with van der Waals surface area (Å²) in [5, 5.41) is 0. The fourth-order valence-electron chi connectivity index (χ4n) is 3.24. The minimum Gasteiger partial charge on any atom is -0.444 e. The van der Waals surface area contributed by atoms with Crippen LogP contribution in [0.5, 0.6) is 0 Å². The highest BCUT2D eigenvalue weighted by molar-refractivity contribution is 6.09. The highest BCUT2D eigenvalue weighted by Crippen LogP contribution is 2.42. The second kappa shape index (κ2) is 6.99. The van der Waals surface area contributed by atoms with Crippen LogP contribution >= 0.6 is 0 Å². The summed E-state index contributed by atoms with van der Waals surface area (Å²) in [7, 11) is 0. The van der Waals surface area contributed by atoms with Crippen molar-refractivity contribution in [3.8, 4) is 0 Å². The third kappa shape index (κ3) is 4.62. The lowest BCUT2D eigenvalue weighted by atomic mass is 9.70. The number of hydrogen-bond acceptors (Lipinski definition) is 4. The SMILES string of the molecule is CC(C)N=C1C=CC2(CCN(C(=O)OC(C)(C)C)CC2)CC1=CN. The lowest BCUT2D eigenvalue weighted by Crippen LogP contribution is -2.45. The molecule has 1 spiro atoms. The van der Waals surface area contributed by atoms with Gasteiger partial charge in [0.25, 0.3) is 0 Å². The second-order valence-corrected chi connectivity index (χ2v) is 8.14. The molecule has 0 atom stereocenters. The van der Waals surface area contributed by atoms with Crippen molar-refractivity contribution in [2.45, 2.75) is 65.5 Å². The van der Waals surface area contributed by atoms with E-state index in [-0.39, 0.29) is 17.6 Å². The maximum absolute atomic E-state index is 12.2. The summed E-state index contributed by atoms with van der Waals surface area (Å²) in [4.78, 5) is 18.7. The van der Waals surface area contributed by atoms with Crippen LogP contribution in [0.15, 0.2) is 28.9 Å². The van der Waals surface area contributed by atoms with Gasteiger partial charge in [-0.15, -0.1) is 0 Å². The number of nitrogens with zero attached hydrogens (tertiary/aromatic N) is 2. The van der Waals surface area contributed by atoms with E-state index in [9.17, 15) is 4.79 Å². The maximum atomic E-state index is 12.2. The maximum Gasteiger partial charge on any atom is 0.410 e. The van der Waals surface area contributed by atoms with E-state index in [1.54, 1.807) is 6.20 Å². The number of amides is 1. The molecular formula is C19H31N3O2. The third-order valence-electron chi connectivity index (χ3n) is 4.48. The predicted octanol–water partition coefficient (Wildman–Crippen LogP) is 3.66. The smallest absolute Gasteiger partial charge is 0.410 e. The molecular weight excluding hydrogens is 302 g/mol. The number of piperidine rings is 1. The molecule has 1 aliphatic heterocycles. The van der Waals surface area contributed by atoms with Crippen LogP contribution in [-0.2, 0) is 4.74 Å². The van der Waals surface area contributed by atoms with Gasteiger partial charge < -0.3 is 15.4 Å². The van der Waals surface area contributed by atoms with Crippen LogP contribution in [0, 0.1) is 5.41 Å². The van der Waals surface area contributed by atoms with E-state index >= 15 is 0 Å². The zero-order valence-electron chi connectivity index (χ0n) is 15.6. The van der Waals surface area contributed by atoms with E-state index in [0.29, 0.717) is 13.1 Å². The minimum absolute atomic E-state index is 0.0831. The molecule has 0 radical (unpaired) electrons. The summed E-state index contributed by atoms with van der Waals surface area (Å²) in [6.07, 6.45) is 8.59. The lowest BCUT2D eigenvalue weighted by Gasteiger charge is -2.42. The van der Waals surface area contributed by atoms with Gasteiger partial charge in [-0.2, -0.15) is 0 Å². The first-order valence-electron chi connectivity index (χ1n) is 8.80. The monoisotopic (exact) mass is 333 g/mol. The van der Waals surface area contributed by atoms with Gasteiger partial charge in [-0.3, -0.25) is 4.99 Å². The number of aliphatic imine (C=N–C) groups is 1. The molecule has 1 amide bonds. The van der Waals surface area contributed by atoms with Crippen molar-refractivity contribution >= 4 is 11.8 Å². The Hall–Kier alpha value is -1.78. The van der Waals surface area contributed by atoms with Crippen LogP contribution in [0.3, 0.4) is 0 Å². The largest absolute Gasteiger partial charge is 0.444 e. The van der Waals surface area contributed by atoms with Crippen molar-refractivity contribution in [2.24, 2.45) is 16.1 Å². The number of allylic oxidation sites excluding steroid dienone is 3. The molecule has 1 heterocycles. The van der Waals surface area contributed by atoms with E-state index in [1.165, 1.54) is 0 Å². The van der Waals surface area contributed by atoms with Crippen LogP contribution in [0.2, 0.25) is 0 Å². The average molecular weight is 333 g/mol. The van der Waals surface area contributed by atoms with Crippen molar-refractivity contribution in [3.05, 3.63) is 23.9 Å². The normalized spacial score (nSPS) is 24.2. The standard InChI is InChI=1S/C19H31N3O2/c1-14(2)21-16-6-7-19(12-15(16)13-20)8-10-22(11-9-19)17(23)24-18(3,4)5/h6-7,13-14H,8-12,20H2,1-5H3. The Kier molecular flexibility index (Phi) is 5.41. The highest BCUT2D eigenvalue weighted by Gasteiger charge is 2.38. The van der Waals surface area contributed by atoms with Gasteiger partial charge in [-0.25, -0.2) is 4.79 Å². The molecule has 5 nitrogen and oxygen atoms in total. The van der Waals surface area contributed by atoms with Gasteiger partial charge in [0.2, 0.25) is 0 Å². The molecule has 0 saturated carbocycles. The summed E-state index contributed by atoms with van der Waals surface area (Å²) < 4.78 is 5.47. The first-order valence-corrected chi connectivity index (χ1v) is 8.80. The van der Waals surface area contributed by atoms with Crippen molar-refractivity contribution in [1.82, 2.24) is 4.90 Å². The highest BCUT2D eigenvalue weighted by atomic mass is 16.6. The number of hydrogen-bond donors (Lipinski definition) is 1. The zero-order valence-corrected chi connectivity index (χ0v) is 15.6. The summed E-state index contributed by atoms with van der Waals surface area (Å²) in [6, 6.07) is 0.252. The fourth-order valence-corrected chi connectivity index (χ4v) is 3.24. The molecule has 0 unspecified atom stereocenters. The molecule has 0 aromatic rings. The molecule has 2 N–H and O–H groups in total. The molecule has 1 aliphatic carbocycles. The number of carbonyl (C=O) groups is 1. The van der Waals surface area contributed by atoms with E-state index in [1.807, 2.05) is 25.7 Å². The van der Waals surface area contributed by atoms with Crippen LogP contribution in [0.25, 0.3) is 0 Å². The van der Waals surface area contributed by atoms with Crippen LogP contribution in [-0.4, -0.2) is 41.4 Å². The van der Waals surface area contributed by atoms with Gasteiger partial charge in [0.05, 0.1) is 5.71 Å². The summed E-state index contributed by atoms with van der Waals surface area (Å²) in [6.45, 7) is 11.3. The van der Waals surface area contributed by atoms with Gasteiger partial charge in [0.1, 0.15) is 5.60 Å². The van der Waals surface area contributed by atoms with E-state index in [2.05, 4.69) is 31.0 Å². The van der Waals surface area contributed by atoms with Gasteiger partial charge in [-0.1, -0.05) is 6.08 Å². The first kappa shape index (κ1) is 18.6. The number of likely N-dealkylation sites (tertiary alicyclic amines) is 1. The van der Waals surface area contributed by atoms with Crippen LogP contribution in [0.4, 0.5) is 4.79 Å². The van der Waals surface area contributed by atoms with Crippen LogP contribution in [0.1, 0.15) is 53.9 Å². The molecule has 1 saturated heterocycles. The van der Waals surface area contributed by atoms with E-state index in [0.717, 1.165) is 30.5 Å². The fraction of sp³-hybridized carbons (Fsp3) is 0.684. The summed E-state index contributed by atoms with van der Waals surface area (Å²) in [5.74, 6) is 0. The molecule has 0 aromatic carbocycles. The van der Waals surface area contributed by atoms with Crippen molar-refractivity contribution < 1.29 is 9.53 Å². The number of rotatable bonds is 1. The van der Waals surface area contributed by atoms with Crippen LogP contribution < -0.4 is 5.73 Å². The predicted molar refractivity (Wildman–Crippen MR) is 98.1 cm³/mol. The van der Waals surface area contributed by atoms with Crippen molar-refractivity contribution in [3.63, 3.8) is 0 Å². The molecule has 24 heavy (non-hydrogen) atoms. The van der Waals surface area contributed by atoms with Gasteiger partial charge >= 0.3 is 6.09 Å². The minimum atomic E-state index is -0.450. The van der Waals surface area contributed by atoms with Crippen molar-refractivity contribution in [1.29, 1.82) is 0 Å². The third-order valence-corrected chi connectivity index (χ3v) is 4.48. The summed E-state index contributed by atoms with van der Waals surface area (Å²) in [5.41, 5.74) is 7.58. The Labute approximate surface area is 145 Å². The lowest BCUT2D eigenvalue weighted by molar-refractivity contribution is 0.0143. The van der Waals surface area contributed by atoms with E-state index < -0.39 is 5.60 Å². The first-order chi connectivity index (χ1) is 11.1. The summed E-state index contributed by atoms with van der Waals surface area (Å²) >= 11 is 0.